The number of nitrogens with zero attached hydrogens (tertiary/aromatic N) is 3. The molecular formula is C30H34N4O4. The van der Waals surface area contributed by atoms with Crippen LogP contribution in [-0.2, 0) is 4.74 Å². The van der Waals surface area contributed by atoms with E-state index in [9.17, 15) is 10.2 Å². The van der Waals surface area contributed by atoms with Crippen molar-refractivity contribution < 1.29 is 19.7 Å². The highest BCUT2D eigenvalue weighted by atomic mass is 16.5. The van der Waals surface area contributed by atoms with Gasteiger partial charge >= 0.3 is 0 Å². The highest BCUT2D eigenvalue weighted by molar-refractivity contribution is 6.06. The van der Waals surface area contributed by atoms with Crippen LogP contribution in [0, 0.1) is 17.8 Å². The van der Waals surface area contributed by atoms with Gasteiger partial charge in [-0.2, -0.15) is 5.10 Å². The number of aromatic nitrogens is 4. The summed E-state index contributed by atoms with van der Waals surface area (Å²) in [5.74, 6) is 0.968. The van der Waals surface area contributed by atoms with Crippen molar-refractivity contribution in [2.24, 2.45) is 10.8 Å². The number of hydrogen-bond acceptors (Lipinski definition) is 7. The summed E-state index contributed by atoms with van der Waals surface area (Å²) in [5.41, 5.74) is 5.13. The third-order valence-corrected chi connectivity index (χ3v) is 9.12. The zero-order chi connectivity index (χ0) is 25.9. The maximum atomic E-state index is 9.75. The molecule has 4 aromatic rings. The predicted molar refractivity (Wildman–Crippen MR) is 144 cm³/mol. The molecule has 8 nitrogen and oxygen atoms in total. The fraction of sp³-hybridized carbons (Fsp3) is 0.500. The molecule has 1 aliphatic heterocycles. The second-order valence-corrected chi connectivity index (χ2v) is 11.9. The van der Waals surface area contributed by atoms with Gasteiger partial charge in [0.15, 0.2) is 0 Å². The van der Waals surface area contributed by atoms with Crippen LogP contribution in [-0.4, -0.2) is 62.9 Å². The van der Waals surface area contributed by atoms with Crippen molar-refractivity contribution >= 4 is 21.7 Å². The molecule has 4 heterocycles. The van der Waals surface area contributed by atoms with Crippen molar-refractivity contribution in [3.05, 3.63) is 48.0 Å². The number of aryl methyl sites for hydroxylation is 1. The molecule has 2 saturated carbocycles. The Kier molecular flexibility index (Phi) is 5.69. The number of hydrogen-bond donors (Lipinski definition) is 3. The minimum Gasteiger partial charge on any atom is -0.474 e. The lowest BCUT2D eigenvalue weighted by atomic mass is 9.45. The van der Waals surface area contributed by atoms with Gasteiger partial charge in [-0.15, -0.1) is 0 Å². The Morgan fingerprint density at radius 1 is 1.08 bits per heavy atom. The lowest BCUT2D eigenvalue weighted by Crippen LogP contribution is -2.59. The quantitative estimate of drug-likeness (QED) is 0.343. The smallest absolute Gasteiger partial charge is 0.221 e. The number of aromatic amines is 1. The summed E-state index contributed by atoms with van der Waals surface area (Å²) in [5, 5.41) is 30.0. The van der Waals surface area contributed by atoms with Crippen LogP contribution in [0.3, 0.4) is 0 Å². The zero-order valence-electron chi connectivity index (χ0n) is 21.7. The summed E-state index contributed by atoms with van der Waals surface area (Å²) in [6, 6.07) is 8.54. The van der Waals surface area contributed by atoms with Crippen molar-refractivity contribution in [3.8, 4) is 17.0 Å². The molecule has 0 amide bonds. The Hall–Kier alpha value is -3.07. The first-order valence-corrected chi connectivity index (χ1v) is 13.7. The largest absolute Gasteiger partial charge is 0.474 e. The molecule has 3 fully saturated rings. The normalized spacial score (nSPS) is 21.0. The number of pyridine rings is 2. The van der Waals surface area contributed by atoms with Gasteiger partial charge in [0.05, 0.1) is 30.6 Å². The maximum Gasteiger partial charge on any atom is 0.221 e. The number of H-pyrrole nitrogens is 1. The number of aliphatic hydroxyl groups is 2. The van der Waals surface area contributed by atoms with Crippen molar-refractivity contribution in [2.45, 2.75) is 57.5 Å². The molecule has 8 heteroatoms. The highest BCUT2D eigenvalue weighted by Crippen LogP contribution is 2.64. The Morgan fingerprint density at radius 3 is 2.61 bits per heavy atom. The minimum absolute atomic E-state index is 0.0492. The van der Waals surface area contributed by atoms with E-state index in [0.717, 1.165) is 95.9 Å². The molecule has 1 saturated heterocycles. The molecule has 0 radical (unpaired) electrons. The highest BCUT2D eigenvalue weighted by Gasteiger charge is 2.60. The van der Waals surface area contributed by atoms with E-state index >= 15 is 0 Å². The monoisotopic (exact) mass is 514 g/mol. The number of aliphatic hydroxyl groups excluding tert-OH is 2. The van der Waals surface area contributed by atoms with E-state index in [1.54, 1.807) is 0 Å². The summed E-state index contributed by atoms with van der Waals surface area (Å²) in [7, 11) is 0. The summed E-state index contributed by atoms with van der Waals surface area (Å²) in [6.45, 7) is 3.59. The van der Waals surface area contributed by atoms with Gasteiger partial charge in [0.25, 0.3) is 0 Å². The average molecular weight is 515 g/mol. The predicted octanol–water partition coefficient (Wildman–Crippen LogP) is 4.67. The Balaban J connectivity index is 1.32. The van der Waals surface area contributed by atoms with Crippen LogP contribution in [0.2, 0.25) is 0 Å². The first-order valence-electron chi connectivity index (χ1n) is 13.7. The Bertz CT molecular complexity index is 1490. The molecule has 0 bridgehead atoms. The van der Waals surface area contributed by atoms with Crippen LogP contribution in [0.5, 0.6) is 5.88 Å². The molecule has 7 rings (SSSR count). The summed E-state index contributed by atoms with van der Waals surface area (Å²) in [4.78, 5) is 9.73. The fourth-order valence-corrected chi connectivity index (χ4v) is 7.35. The number of nitrogens with one attached hydrogen (secondary N) is 1. The van der Waals surface area contributed by atoms with Gasteiger partial charge in [0.1, 0.15) is 6.10 Å². The van der Waals surface area contributed by atoms with Crippen LogP contribution < -0.4 is 4.74 Å². The Labute approximate surface area is 221 Å². The van der Waals surface area contributed by atoms with Crippen LogP contribution in [0.15, 0.2) is 36.7 Å². The molecule has 38 heavy (non-hydrogen) atoms. The van der Waals surface area contributed by atoms with Crippen LogP contribution in [0.4, 0.5) is 0 Å². The van der Waals surface area contributed by atoms with Gasteiger partial charge in [-0.05, 0) is 86.1 Å². The molecule has 0 atom stereocenters. The van der Waals surface area contributed by atoms with E-state index in [2.05, 4.69) is 39.4 Å². The number of ether oxygens (including phenoxy) is 2. The summed E-state index contributed by atoms with van der Waals surface area (Å²) in [6.07, 6.45) is 9.27. The van der Waals surface area contributed by atoms with Gasteiger partial charge < -0.3 is 19.7 Å². The SMILES string of the molecule is Cc1cc(-c2c(C3CCOCC3)nc(OC3CC4(C3)CC(CO)(CO)C4)c3cc4[nH]ncc4cc23)ccn1. The van der Waals surface area contributed by atoms with E-state index in [1.807, 2.05) is 19.3 Å². The lowest BCUT2D eigenvalue weighted by Gasteiger charge is -2.62. The molecular weight excluding hydrogens is 480 g/mol. The molecule has 2 aliphatic carbocycles. The van der Waals surface area contributed by atoms with Gasteiger partial charge in [-0.25, -0.2) is 4.98 Å². The van der Waals surface area contributed by atoms with Gasteiger partial charge in [-0.1, -0.05) is 0 Å². The first kappa shape index (κ1) is 24.0. The molecule has 1 aromatic carbocycles. The van der Waals surface area contributed by atoms with E-state index in [1.165, 1.54) is 0 Å². The molecule has 3 aliphatic rings. The minimum atomic E-state index is -0.317. The topological polar surface area (TPSA) is 113 Å². The molecule has 198 valence electrons. The van der Waals surface area contributed by atoms with Crippen LogP contribution in [0.25, 0.3) is 32.8 Å². The third-order valence-electron chi connectivity index (χ3n) is 9.12. The number of benzene rings is 1. The molecule has 3 aromatic heterocycles. The lowest BCUT2D eigenvalue weighted by molar-refractivity contribution is -0.177. The molecule has 0 unspecified atom stereocenters. The van der Waals surface area contributed by atoms with Crippen molar-refractivity contribution in [1.82, 2.24) is 20.2 Å². The van der Waals surface area contributed by atoms with E-state index in [-0.39, 0.29) is 36.1 Å². The third kappa shape index (κ3) is 3.89. The van der Waals surface area contributed by atoms with Crippen molar-refractivity contribution in [3.63, 3.8) is 0 Å². The Morgan fingerprint density at radius 2 is 1.87 bits per heavy atom. The fourth-order valence-electron chi connectivity index (χ4n) is 7.35. The van der Waals surface area contributed by atoms with E-state index in [4.69, 9.17) is 14.5 Å². The van der Waals surface area contributed by atoms with Crippen LogP contribution >= 0.6 is 0 Å². The zero-order valence-corrected chi connectivity index (χ0v) is 21.7. The van der Waals surface area contributed by atoms with Gasteiger partial charge in [-0.3, -0.25) is 10.1 Å². The second kappa shape index (κ2) is 9.00. The summed E-state index contributed by atoms with van der Waals surface area (Å²) < 4.78 is 12.4. The van der Waals surface area contributed by atoms with E-state index < -0.39 is 0 Å². The average Bonchev–Trinajstić information content (AvgIpc) is 3.36. The first-order chi connectivity index (χ1) is 18.5. The standard InChI is InChI=1S/C30H34N4O4/c1-18-8-20(2-5-31-18)26-23-9-21-13-32-34-25(21)10-24(23)28(33-27(26)19-3-6-37-7-4-19)38-22-11-29(12-22)14-30(15-29,16-35)17-36/h2,5,8-10,13,19,22,35-36H,3-4,6-7,11-12,14-17H2,1H3,(H,32,34). The van der Waals surface area contributed by atoms with Crippen molar-refractivity contribution in [2.75, 3.05) is 26.4 Å². The summed E-state index contributed by atoms with van der Waals surface area (Å²) >= 11 is 0. The maximum absolute atomic E-state index is 9.75. The second-order valence-electron chi connectivity index (χ2n) is 11.9. The number of fused-ring (bicyclic) bond motifs is 2. The van der Waals surface area contributed by atoms with Gasteiger partial charge in [0, 0.05) is 52.8 Å². The number of rotatable bonds is 6. The van der Waals surface area contributed by atoms with Gasteiger partial charge in [0.2, 0.25) is 5.88 Å². The molecule has 3 N–H and O–H groups in total. The van der Waals surface area contributed by atoms with E-state index in [0.29, 0.717) is 5.88 Å². The molecule has 1 spiro atoms. The van der Waals surface area contributed by atoms with Crippen LogP contribution in [0.1, 0.15) is 55.8 Å². The van der Waals surface area contributed by atoms with Crippen molar-refractivity contribution in [1.29, 1.82) is 0 Å².